The van der Waals surface area contributed by atoms with E-state index in [9.17, 15) is 4.79 Å². The Balaban J connectivity index is 0.000000350. The Labute approximate surface area is 117 Å². The summed E-state index contributed by atoms with van der Waals surface area (Å²) in [5.74, 6) is 0.0926. The lowest BCUT2D eigenvalue weighted by Crippen LogP contribution is -2.17. The van der Waals surface area contributed by atoms with Crippen LogP contribution in [0.15, 0.2) is 42.5 Å². The summed E-state index contributed by atoms with van der Waals surface area (Å²) < 4.78 is 0. The SMILES string of the molecule is CC.CC(=O)N(C)C.Cc1cccc2ccccc12. The summed E-state index contributed by atoms with van der Waals surface area (Å²) in [5.41, 5.74) is 1.35. The first-order chi connectivity index (χ1) is 9.02. The lowest BCUT2D eigenvalue weighted by molar-refractivity contribution is -0.126. The van der Waals surface area contributed by atoms with E-state index in [1.807, 2.05) is 13.8 Å². The zero-order chi connectivity index (χ0) is 14.8. The quantitative estimate of drug-likeness (QED) is 0.692. The first-order valence-corrected chi connectivity index (χ1v) is 6.64. The van der Waals surface area contributed by atoms with Crippen molar-refractivity contribution in [3.63, 3.8) is 0 Å². The number of carbonyl (C=O) groups is 1. The third kappa shape index (κ3) is 6.05. The Morgan fingerprint density at radius 3 is 1.89 bits per heavy atom. The van der Waals surface area contributed by atoms with Crippen LogP contribution in [0.25, 0.3) is 10.8 Å². The van der Waals surface area contributed by atoms with Crippen LogP contribution < -0.4 is 0 Å². The highest BCUT2D eigenvalue weighted by atomic mass is 16.2. The maximum absolute atomic E-state index is 10.1. The van der Waals surface area contributed by atoms with Crippen molar-refractivity contribution in [2.24, 2.45) is 0 Å². The van der Waals surface area contributed by atoms with Crippen molar-refractivity contribution in [3.05, 3.63) is 48.0 Å². The molecule has 1 amide bonds. The number of amides is 1. The van der Waals surface area contributed by atoms with Crippen molar-refractivity contribution in [3.8, 4) is 0 Å². The molecule has 0 unspecified atom stereocenters. The van der Waals surface area contributed by atoms with E-state index in [1.165, 1.54) is 28.2 Å². The number of aryl methyl sites for hydroxylation is 1. The molecule has 0 saturated heterocycles. The lowest BCUT2D eigenvalue weighted by Gasteiger charge is -2.02. The molecule has 0 N–H and O–H groups in total. The Morgan fingerprint density at radius 1 is 0.947 bits per heavy atom. The topological polar surface area (TPSA) is 20.3 Å². The molecule has 2 heteroatoms. The summed E-state index contributed by atoms with van der Waals surface area (Å²) in [4.78, 5) is 11.6. The first kappa shape index (κ1) is 17.2. The van der Waals surface area contributed by atoms with Crippen LogP contribution in [0.1, 0.15) is 26.3 Å². The van der Waals surface area contributed by atoms with Gasteiger partial charge in [-0.15, -0.1) is 0 Å². The van der Waals surface area contributed by atoms with E-state index in [0.29, 0.717) is 0 Å². The van der Waals surface area contributed by atoms with Crippen LogP contribution in [-0.2, 0) is 4.79 Å². The molecule has 2 nitrogen and oxygen atoms in total. The monoisotopic (exact) mass is 259 g/mol. The van der Waals surface area contributed by atoms with E-state index in [2.05, 4.69) is 49.4 Å². The summed E-state index contributed by atoms with van der Waals surface area (Å²) in [7, 11) is 3.45. The van der Waals surface area contributed by atoms with Crippen molar-refractivity contribution in [2.75, 3.05) is 14.1 Å². The summed E-state index contributed by atoms with van der Waals surface area (Å²) in [6, 6.07) is 14.8. The van der Waals surface area contributed by atoms with Crippen LogP contribution >= 0.6 is 0 Å². The fourth-order valence-electron chi connectivity index (χ4n) is 1.39. The highest BCUT2D eigenvalue weighted by molar-refractivity contribution is 5.85. The smallest absolute Gasteiger partial charge is 0.218 e. The summed E-state index contributed by atoms with van der Waals surface area (Å²) in [6.07, 6.45) is 0. The van der Waals surface area contributed by atoms with E-state index in [4.69, 9.17) is 0 Å². The second kappa shape index (κ2) is 9.15. The van der Waals surface area contributed by atoms with Crippen molar-refractivity contribution in [1.29, 1.82) is 0 Å². The molecule has 0 atom stereocenters. The number of nitrogens with zero attached hydrogens (tertiary/aromatic N) is 1. The van der Waals surface area contributed by atoms with Gasteiger partial charge in [0, 0.05) is 21.0 Å². The molecule has 0 heterocycles. The summed E-state index contributed by atoms with van der Waals surface area (Å²) >= 11 is 0. The van der Waals surface area contributed by atoms with Crippen molar-refractivity contribution < 1.29 is 4.79 Å². The molecule has 2 aromatic rings. The highest BCUT2D eigenvalue weighted by Crippen LogP contribution is 2.16. The van der Waals surface area contributed by atoms with Crippen LogP contribution in [-0.4, -0.2) is 24.9 Å². The van der Waals surface area contributed by atoms with Crippen LogP contribution in [0.2, 0.25) is 0 Å². The molecule has 0 bridgehead atoms. The standard InChI is InChI=1S/C11H10.C4H9NO.C2H6/c1-9-5-4-7-10-6-2-3-8-11(9)10;1-4(6)5(2)3;1-2/h2-8H,1H3;1-3H3;1-2H3. The second-order valence-corrected chi connectivity index (χ2v) is 4.21. The Morgan fingerprint density at radius 2 is 1.42 bits per heavy atom. The van der Waals surface area contributed by atoms with E-state index >= 15 is 0 Å². The number of benzene rings is 2. The highest BCUT2D eigenvalue weighted by Gasteiger charge is 1.92. The Bertz CT molecular complexity index is 498. The van der Waals surface area contributed by atoms with Crippen molar-refractivity contribution in [2.45, 2.75) is 27.7 Å². The van der Waals surface area contributed by atoms with Gasteiger partial charge in [-0.1, -0.05) is 56.3 Å². The van der Waals surface area contributed by atoms with Gasteiger partial charge in [0.15, 0.2) is 0 Å². The molecular formula is C17H25NO. The number of hydrogen-bond donors (Lipinski definition) is 0. The average Bonchev–Trinajstić information content (AvgIpc) is 2.42. The Hall–Kier alpha value is -1.83. The first-order valence-electron chi connectivity index (χ1n) is 6.64. The molecular weight excluding hydrogens is 234 g/mol. The molecule has 2 aromatic carbocycles. The maximum atomic E-state index is 10.1. The van der Waals surface area contributed by atoms with Gasteiger partial charge in [0.25, 0.3) is 0 Å². The third-order valence-corrected chi connectivity index (χ3v) is 2.64. The van der Waals surface area contributed by atoms with Gasteiger partial charge in [0.2, 0.25) is 5.91 Å². The van der Waals surface area contributed by atoms with Gasteiger partial charge < -0.3 is 4.90 Å². The van der Waals surface area contributed by atoms with Gasteiger partial charge in [-0.3, -0.25) is 4.79 Å². The van der Waals surface area contributed by atoms with Gasteiger partial charge in [-0.2, -0.15) is 0 Å². The second-order valence-electron chi connectivity index (χ2n) is 4.21. The predicted molar refractivity (Wildman–Crippen MR) is 84.4 cm³/mol. The van der Waals surface area contributed by atoms with Crippen molar-refractivity contribution >= 4 is 16.7 Å². The van der Waals surface area contributed by atoms with Gasteiger partial charge in [0.1, 0.15) is 0 Å². The van der Waals surface area contributed by atoms with Crippen LogP contribution in [0.4, 0.5) is 0 Å². The van der Waals surface area contributed by atoms with Crippen LogP contribution in [0.5, 0.6) is 0 Å². The van der Waals surface area contributed by atoms with Gasteiger partial charge in [-0.25, -0.2) is 0 Å². The maximum Gasteiger partial charge on any atom is 0.218 e. The van der Waals surface area contributed by atoms with Crippen LogP contribution in [0.3, 0.4) is 0 Å². The van der Waals surface area contributed by atoms with E-state index in [1.54, 1.807) is 14.1 Å². The molecule has 19 heavy (non-hydrogen) atoms. The van der Waals surface area contributed by atoms with Gasteiger partial charge in [-0.05, 0) is 23.3 Å². The molecule has 0 aliphatic rings. The molecule has 0 aliphatic carbocycles. The fourth-order valence-corrected chi connectivity index (χ4v) is 1.39. The molecule has 0 aromatic heterocycles. The van der Waals surface area contributed by atoms with E-state index in [0.717, 1.165) is 0 Å². The number of fused-ring (bicyclic) bond motifs is 1. The third-order valence-electron chi connectivity index (χ3n) is 2.64. The Kier molecular flexibility index (Phi) is 8.27. The summed E-state index contributed by atoms with van der Waals surface area (Å²) in [5, 5.41) is 2.68. The van der Waals surface area contributed by atoms with Crippen LogP contribution in [0, 0.1) is 6.92 Å². The van der Waals surface area contributed by atoms with Crippen molar-refractivity contribution in [1.82, 2.24) is 4.90 Å². The largest absolute Gasteiger partial charge is 0.349 e. The molecule has 104 valence electrons. The average molecular weight is 259 g/mol. The molecule has 0 radical (unpaired) electrons. The minimum Gasteiger partial charge on any atom is -0.349 e. The van der Waals surface area contributed by atoms with E-state index < -0.39 is 0 Å². The molecule has 0 saturated carbocycles. The number of rotatable bonds is 0. The minimum absolute atomic E-state index is 0.0926. The van der Waals surface area contributed by atoms with E-state index in [-0.39, 0.29) is 5.91 Å². The normalized spacial score (nSPS) is 8.74. The number of hydrogen-bond acceptors (Lipinski definition) is 1. The zero-order valence-corrected chi connectivity index (χ0v) is 12.9. The molecule has 2 rings (SSSR count). The number of carbonyl (C=O) groups excluding carboxylic acids is 1. The fraction of sp³-hybridized carbons (Fsp3) is 0.353. The van der Waals surface area contributed by atoms with Gasteiger partial charge >= 0.3 is 0 Å². The minimum atomic E-state index is 0.0926. The molecule has 0 fully saturated rings. The lowest BCUT2D eigenvalue weighted by atomic mass is 10.1. The van der Waals surface area contributed by atoms with Gasteiger partial charge in [0.05, 0.1) is 0 Å². The molecule has 0 spiro atoms. The predicted octanol–water partition coefficient (Wildman–Crippen LogP) is 4.27. The summed E-state index contributed by atoms with van der Waals surface area (Å²) in [6.45, 7) is 7.67. The molecule has 0 aliphatic heterocycles. The zero-order valence-electron chi connectivity index (χ0n) is 12.9.